The van der Waals surface area contributed by atoms with Gasteiger partial charge in [-0.05, 0) is 12.5 Å². The average Bonchev–Trinajstić information content (AvgIpc) is 2.90. The molecular formula is C17H20N6O2. The number of ether oxygens (including phenoxy) is 1. The summed E-state index contributed by atoms with van der Waals surface area (Å²) in [4.78, 5) is 33.3. The van der Waals surface area contributed by atoms with Crippen LogP contribution in [0.1, 0.15) is 16.9 Å². The number of hydrogen-bond donors (Lipinski definition) is 0. The highest BCUT2D eigenvalue weighted by atomic mass is 16.5. The zero-order chi connectivity index (χ0) is 17.1. The van der Waals surface area contributed by atoms with E-state index in [-0.39, 0.29) is 12.0 Å². The van der Waals surface area contributed by atoms with Crippen LogP contribution in [0.25, 0.3) is 0 Å². The molecule has 4 heterocycles. The fourth-order valence-corrected chi connectivity index (χ4v) is 3.44. The van der Waals surface area contributed by atoms with E-state index in [1.165, 1.54) is 6.20 Å². The number of carbonyl (C=O) groups is 1. The molecule has 8 heteroatoms. The number of piperidine rings is 1. The molecule has 2 aliphatic rings. The van der Waals surface area contributed by atoms with E-state index in [1.807, 2.05) is 11.0 Å². The minimum Gasteiger partial charge on any atom is -0.374 e. The monoisotopic (exact) mass is 340 g/mol. The SMILES string of the molecule is O=C(c1cnccn1)N1CC[C@H]2CN(c3ncccn3)CCO[C@@H]2C1. The summed E-state index contributed by atoms with van der Waals surface area (Å²) in [6.07, 6.45) is 9.05. The van der Waals surface area contributed by atoms with Crippen LogP contribution in [-0.2, 0) is 4.74 Å². The lowest BCUT2D eigenvalue weighted by molar-refractivity contribution is -0.0170. The summed E-state index contributed by atoms with van der Waals surface area (Å²) >= 11 is 0. The van der Waals surface area contributed by atoms with Crippen LogP contribution < -0.4 is 4.90 Å². The molecule has 0 saturated carbocycles. The van der Waals surface area contributed by atoms with Crippen molar-refractivity contribution in [3.63, 3.8) is 0 Å². The first-order valence-electron chi connectivity index (χ1n) is 8.50. The lowest BCUT2D eigenvalue weighted by atomic mass is 9.93. The zero-order valence-electron chi connectivity index (χ0n) is 13.9. The summed E-state index contributed by atoms with van der Waals surface area (Å²) in [5, 5.41) is 0. The standard InChI is InChI=1S/C17H20N6O2/c24-16(14-10-18-5-6-19-14)22-7-2-13-11-23(8-9-25-15(13)12-22)17-20-3-1-4-21-17/h1,3-6,10,13,15H,2,7-9,11-12H2/t13-,15+/m0/s1. The Balaban J connectivity index is 1.44. The summed E-state index contributed by atoms with van der Waals surface area (Å²) in [5.41, 5.74) is 0.383. The van der Waals surface area contributed by atoms with Crippen molar-refractivity contribution in [3.8, 4) is 0 Å². The van der Waals surface area contributed by atoms with E-state index in [0.29, 0.717) is 31.3 Å². The highest BCUT2D eigenvalue weighted by molar-refractivity contribution is 5.92. The lowest BCUT2D eigenvalue weighted by Gasteiger charge is -2.37. The summed E-state index contributed by atoms with van der Waals surface area (Å²) < 4.78 is 6.05. The summed E-state index contributed by atoms with van der Waals surface area (Å²) in [6, 6.07) is 1.82. The van der Waals surface area contributed by atoms with Gasteiger partial charge in [0.1, 0.15) is 5.69 Å². The Hall–Kier alpha value is -2.61. The van der Waals surface area contributed by atoms with E-state index in [0.717, 1.165) is 25.5 Å². The van der Waals surface area contributed by atoms with Crippen molar-refractivity contribution in [3.05, 3.63) is 42.7 Å². The maximum atomic E-state index is 12.6. The van der Waals surface area contributed by atoms with Gasteiger partial charge in [0.05, 0.1) is 18.9 Å². The molecule has 0 N–H and O–H groups in total. The highest BCUT2D eigenvalue weighted by Gasteiger charge is 2.36. The topological polar surface area (TPSA) is 84.3 Å². The van der Waals surface area contributed by atoms with Crippen molar-refractivity contribution in [2.75, 3.05) is 37.7 Å². The van der Waals surface area contributed by atoms with Gasteiger partial charge >= 0.3 is 0 Å². The van der Waals surface area contributed by atoms with Gasteiger partial charge in [-0.2, -0.15) is 0 Å². The average molecular weight is 340 g/mol. The fourth-order valence-electron chi connectivity index (χ4n) is 3.44. The first-order chi connectivity index (χ1) is 12.3. The van der Waals surface area contributed by atoms with Crippen LogP contribution >= 0.6 is 0 Å². The third-order valence-corrected chi connectivity index (χ3v) is 4.75. The predicted molar refractivity (Wildman–Crippen MR) is 90.0 cm³/mol. The van der Waals surface area contributed by atoms with Crippen LogP contribution in [0.2, 0.25) is 0 Å². The highest BCUT2D eigenvalue weighted by Crippen LogP contribution is 2.26. The molecule has 0 bridgehead atoms. The van der Waals surface area contributed by atoms with E-state index in [9.17, 15) is 4.79 Å². The van der Waals surface area contributed by atoms with Gasteiger partial charge in [-0.3, -0.25) is 9.78 Å². The number of fused-ring (bicyclic) bond motifs is 1. The molecule has 8 nitrogen and oxygen atoms in total. The van der Waals surface area contributed by atoms with Crippen LogP contribution in [-0.4, -0.2) is 69.6 Å². The first-order valence-corrected chi connectivity index (χ1v) is 8.50. The first kappa shape index (κ1) is 15.9. The number of anilines is 1. The normalized spacial score (nSPS) is 23.7. The maximum Gasteiger partial charge on any atom is 0.274 e. The molecular weight excluding hydrogens is 320 g/mol. The van der Waals surface area contributed by atoms with Crippen molar-refractivity contribution < 1.29 is 9.53 Å². The Labute approximate surface area is 145 Å². The summed E-state index contributed by atoms with van der Waals surface area (Å²) in [7, 11) is 0. The Kier molecular flexibility index (Phi) is 4.51. The van der Waals surface area contributed by atoms with Crippen molar-refractivity contribution in [2.24, 2.45) is 5.92 Å². The van der Waals surface area contributed by atoms with Crippen LogP contribution in [0.3, 0.4) is 0 Å². The van der Waals surface area contributed by atoms with Gasteiger partial charge in [-0.1, -0.05) is 0 Å². The molecule has 4 rings (SSSR count). The third-order valence-electron chi connectivity index (χ3n) is 4.75. The molecule has 2 atom stereocenters. The molecule has 0 aromatic carbocycles. The van der Waals surface area contributed by atoms with E-state index >= 15 is 0 Å². The quantitative estimate of drug-likeness (QED) is 0.793. The number of nitrogens with zero attached hydrogens (tertiary/aromatic N) is 6. The van der Waals surface area contributed by atoms with Gasteiger partial charge in [0.25, 0.3) is 5.91 Å². The van der Waals surface area contributed by atoms with Gasteiger partial charge in [0.15, 0.2) is 0 Å². The second-order valence-corrected chi connectivity index (χ2v) is 6.29. The zero-order valence-corrected chi connectivity index (χ0v) is 13.9. The van der Waals surface area contributed by atoms with Crippen LogP contribution in [0.15, 0.2) is 37.1 Å². The molecule has 2 aromatic heterocycles. The minimum absolute atomic E-state index is 0.0306. The predicted octanol–water partition coefficient (Wildman–Crippen LogP) is 0.634. The molecule has 25 heavy (non-hydrogen) atoms. The molecule has 0 aliphatic carbocycles. The summed E-state index contributed by atoms with van der Waals surface area (Å²) in [6.45, 7) is 3.50. The van der Waals surface area contributed by atoms with Gasteiger partial charge in [0.2, 0.25) is 5.95 Å². The van der Waals surface area contributed by atoms with E-state index in [2.05, 4.69) is 24.8 Å². The number of likely N-dealkylation sites (tertiary alicyclic amines) is 1. The number of aromatic nitrogens is 4. The van der Waals surface area contributed by atoms with Gasteiger partial charge in [0, 0.05) is 56.9 Å². The van der Waals surface area contributed by atoms with Crippen molar-refractivity contribution in [1.82, 2.24) is 24.8 Å². The molecule has 0 spiro atoms. The van der Waals surface area contributed by atoms with Crippen molar-refractivity contribution in [1.29, 1.82) is 0 Å². The fraction of sp³-hybridized carbons (Fsp3) is 0.471. The van der Waals surface area contributed by atoms with E-state index < -0.39 is 0 Å². The Morgan fingerprint density at radius 3 is 2.76 bits per heavy atom. The van der Waals surface area contributed by atoms with Crippen LogP contribution in [0.5, 0.6) is 0 Å². The lowest BCUT2D eigenvalue weighted by Crippen LogP contribution is -2.49. The second-order valence-electron chi connectivity index (χ2n) is 6.29. The van der Waals surface area contributed by atoms with E-state index in [1.54, 1.807) is 24.8 Å². The van der Waals surface area contributed by atoms with Gasteiger partial charge in [-0.15, -0.1) is 0 Å². The summed E-state index contributed by atoms with van der Waals surface area (Å²) in [5.74, 6) is 1.02. The number of carbonyl (C=O) groups excluding carboxylic acids is 1. The van der Waals surface area contributed by atoms with E-state index in [4.69, 9.17) is 4.74 Å². The largest absolute Gasteiger partial charge is 0.374 e. The molecule has 2 saturated heterocycles. The molecule has 2 aromatic rings. The Bertz CT molecular complexity index is 714. The second kappa shape index (κ2) is 7.10. The van der Waals surface area contributed by atoms with Crippen LogP contribution in [0.4, 0.5) is 5.95 Å². The number of rotatable bonds is 2. The Morgan fingerprint density at radius 2 is 1.96 bits per heavy atom. The maximum absolute atomic E-state index is 12.6. The van der Waals surface area contributed by atoms with Crippen molar-refractivity contribution >= 4 is 11.9 Å². The molecule has 1 amide bonds. The number of hydrogen-bond acceptors (Lipinski definition) is 7. The third kappa shape index (κ3) is 3.43. The minimum atomic E-state index is -0.0809. The molecule has 0 radical (unpaired) electrons. The molecule has 2 aliphatic heterocycles. The Morgan fingerprint density at radius 1 is 1.08 bits per heavy atom. The molecule has 0 unspecified atom stereocenters. The molecule has 2 fully saturated rings. The van der Waals surface area contributed by atoms with Crippen molar-refractivity contribution in [2.45, 2.75) is 12.5 Å². The van der Waals surface area contributed by atoms with Crippen LogP contribution in [0, 0.1) is 5.92 Å². The molecule has 130 valence electrons. The van der Waals surface area contributed by atoms with Gasteiger partial charge < -0.3 is 14.5 Å². The van der Waals surface area contributed by atoms with Gasteiger partial charge in [-0.25, -0.2) is 15.0 Å². The number of amides is 1. The smallest absolute Gasteiger partial charge is 0.274 e.